The van der Waals surface area contributed by atoms with Crippen LogP contribution in [0.3, 0.4) is 0 Å². The Morgan fingerprint density at radius 2 is 2.00 bits per heavy atom. The average Bonchev–Trinajstić information content (AvgIpc) is 2.50. The largest absolute Gasteiger partial charge is 0.383 e. The first kappa shape index (κ1) is 12.9. The Balaban J connectivity index is 2.45. The van der Waals surface area contributed by atoms with Crippen LogP contribution in [0.25, 0.3) is 0 Å². The van der Waals surface area contributed by atoms with E-state index in [1.807, 2.05) is 0 Å². The molecule has 0 amide bonds. The van der Waals surface area contributed by atoms with Crippen molar-refractivity contribution >= 4 is 0 Å². The van der Waals surface area contributed by atoms with Crippen molar-refractivity contribution < 1.29 is 4.74 Å². The zero-order chi connectivity index (χ0) is 11.1. The molecule has 1 saturated carbocycles. The molecule has 0 aliphatic heterocycles. The third-order valence-electron chi connectivity index (χ3n) is 3.56. The van der Waals surface area contributed by atoms with Crippen LogP contribution in [0.15, 0.2) is 0 Å². The number of ether oxygens (including phenoxy) is 1. The van der Waals surface area contributed by atoms with E-state index in [9.17, 15) is 0 Å². The molecule has 1 aliphatic rings. The molecule has 3 heteroatoms. The summed E-state index contributed by atoms with van der Waals surface area (Å²) in [6.45, 7) is 1.88. The Morgan fingerprint density at radius 3 is 2.67 bits per heavy atom. The summed E-state index contributed by atoms with van der Waals surface area (Å²) >= 11 is 0. The van der Waals surface area contributed by atoms with Crippen LogP contribution < -0.4 is 5.32 Å². The maximum atomic E-state index is 5.14. The Morgan fingerprint density at radius 1 is 1.27 bits per heavy atom. The van der Waals surface area contributed by atoms with E-state index in [0.29, 0.717) is 12.1 Å². The third-order valence-corrected chi connectivity index (χ3v) is 3.56. The number of nitrogens with one attached hydrogen (secondary N) is 1. The van der Waals surface area contributed by atoms with E-state index in [1.54, 1.807) is 7.11 Å². The lowest BCUT2D eigenvalue weighted by Crippen LogP contribution is -2.47. The van der Waals surface area contributed by atoms with Crippen LogP contribution in [0, 0.1) is 0 Å². The van der Waals surface area contributed by atoms with Gasteiger partial charge in [-0.2, -0.15) is 0 Å². The number of hydrogen-bond acceptors (Lipinski definition) is 3. The van der Waals surface area contributed by atoms with Gasteiger partial charge in [0, 0.05) is 25.7 Å². The van der Waals surface area contributed by atoms with Crippen molar-refractivity contribution in [3.05, 3.63) is 0 Å². The molecule has 90 valence electrons. The van der Waals surface area contributed by atoms with Gasteiger partial charge in [-0.15, -0.1) is 0 Å². The monoisotopic (exact) mass is 214 g/mol. The molecule has 1 fully saturated rings. The Labute approximate surface area is 94.2 Å². The van der Waals surface area contributed by atoms with E-state index >= 15 is 0 Å². The molecule has 0 radical (unpaired) electrons. The van der Waals surface area contributed by atoms with E-state index < -0.39 is 0 Å². The molecule has 1 aliphatic carbocycles. The molecule has 3 nitrogen and oxygen atoms in total. The topological polar surface area (TPSA) is 24.5 Å². The van der Waals surface area contributed by atoms with E-state index in [-0.39, 0.29) is 0 Å². The molecule has 0 aromatic carbocycles. The minimum absolute atomic E-state index is 0.661. The maximum absolute atomic E-state index is 5.14. The lowest BCUT2D eigenvalue weighted by atomic mass is 10.0. The standard InChI is InChI=1S/C12H26N2O/c1-13-11-7-5-4-6-8-12(11)14(2)9-10-15-3/h11-13H,4-10H2,1-3H3. The number of likely N-dealkylation sites (N-methyl/N-ethyl adjacent to an activating group) is 2. The molecule has 0 bridgehead atoms. The van der Waals surface area contributed by atoms with Gasteiger partial charge in [-0.3, -0.25) is 4.90 Å². The minimum Gasteiger partial charge on any atom is -0.383 e. The van der Waals surface area contributed by atoms with Gasteiger partial charge in [-0.25, -0.2) is 0 Å². The molecule has 0 spiro atoms. The fourth-order valence-electron chi connectivity index (χ4n) is 2.55. The first-order valence-corrected chi connectivity index (χ1v) is 6.16. The summed E-state index contributed by atoms with van der Waals surface area (Å²) in [4.78, 5) is 2.45. The molecule has 0 aromatic heterocycles. The lowest BCUT2D eigenvalue weighted by Gasteiger charge is -2.33. The molecule has 0 saturated heterocycles. The van der Waals surface area contributed by atoms with Crippen LogP contribution >= 0.6 is 0 Å². The fraction of sp³-hybridized carbons (Fsp3) is 1.00. The first-order valence-electron chi connectivity index (χ1n) is 6.16. The van der Waals surface area contributed by atoms with Crippen molar-refractivity contribution in [2.75, 3.05) is 34.4 Å². The predicted octanol–water partition coefficient (Wildman–Crippen LogP) is 1.49. The zero-order valence-electron chi connectivity index (χ0n) is 10.5. The lowest BCUT2D eigenvalue weighted by molar-refractivity contribution is 0.120. The van der Waals surface area contributed by atoms with Gasteiger partial charge in [0.15, 0.2) is 0 Å². The predicted molar refractivity (Wildman–Crippen MR) is 64.2 cm³/mol. The van der Waals surface area contributed by atoms with Crippen LogP contribution in [-0.2, 0) is 4.74 Å². The molecule has 1 rings (SSSR count). The highest BCUT2D eigenvalue weighted by atomic mass is 16.5. The molecule has 1 N–H and O–H groups in total. The Kier molecular flexibility index (Phi) is 6.22. The summed E-state index contributed by atoms with van der Waals surface area (Å²) in [5, 5.41) is 3.47. The molecular formula is C12H26N2O. The van der Waals surface area contributed by atoms with Crippen molar-refractivity contribution in [3.8, 4) is 0 Å². The second kappa shape index (κ2) is 7.20. The second-order valence-electron chi connectivity index (χ2n) is 4.57. The number of nitrogens with zero attached hydrogens (tertiary/aromatic N) is 1. The highest BCUT2D eigenvalue weighted by molar-refractivity contribution is 4.84. The van der Waals surface area contributed by atoms with E-state index in [4.69, 9.17) is 4.74 Å². The van der Waals surface area contributed by atoms with Gasteiger partial charge >= 0.3 is 0 Å². The summed E-state index contributed by atoms with van der Waals surface area (Å²) in [6, 6.07) is 1.35. The molecule has 2 atom stereocenters. The van der Waals surface area contributed by atoms with Gasteiger partial charge in [-0.05, 0) is 26.9 Å². The van der Waals surface area contributed by atoms with Gasteiger partial charge in [0.25, 0.3) is 0 Å². The molecular weight excluding hydrogens is 188 g/mol. The van der Waals surface area contributed by atoms with Crippen molar-refractivity contribution in [2.45, 2.75) is 44.2 Å². The van der Waals surface area contributed by atoms with Crippen molar-refractivity contribution in [3.63, 3.8) is 0 Å². The van der Waals surface area contributed by atoms with Crippen molar-refractivity contribution in [2.24, 2.45) is 0 Å². The smallest absolute Gasteiger partial charge is 0.0589 e. The zero-order valence-corrected chi connectivity index (χ0v) is 10.5. The highest BCUT2D eigenvalue weighted by Gasteiger charge is 2.25. The van der Waals surface area contributed by atoms with Crippen LogP contribution in [0.4, 0.5) is 0 Å². The molecule has 15 heavy (non-hydrogen) atoms. The molecule has 0 aromatic rings. The number of hydrogen-bond donors (Lipinski definition) is 1. The highest BCUT2D eigenvalue weighted by Crippen LogP contribution is 2.21. The summed E-state index contributed by atoms with van der Waals surface area (Å²) in [7, 11) is 6.09. The van der Waals surface area contributed by atoms with Gasteiger partial charge < -0.3 is 10.1 Å². The summed E-state index contributed by atoms with van der Waals surface area (Å²) in [6.07, 6.45) is 6.79. The molecule has 0 heterocycles. The number of methoxy groups -OCH3 is 1. The van der Waals surface area contributed by atoms with Crippen LogP contribution in [-0.4, -0.2) is 51.3 Å². The minimum atomic E-state index is 0.661. The second-order valence-corrected chi connectivity index (χ2v) is 4.57. The quantitative estimate of drug-likeness (QED) is 0.702. The van der Waals surface area contributed by atoms with E-state index in [1.165, 1.54) is 32.1 Å². The van der Waals surface area contributed by atoms with Crippen LogP contribution in [0.1, 0.15) is 32.1 Å². The van der Waals surface area contributed by atoms with E-state index in [0.717, 1.165) is 13.2 Å². The average molecular weight is 214 g/mol. The van der Waals surface area contributed by atoms with Gasteiger partial charge in [-0.1, -0.05) is 19.3 Å². The summed E-state index contributed by atoms with van der Waals surface area (Å²) < 4.78 is 5.14. The third kappa shape index (κ3) is 4.09. The Hall–Kier alpha value is -0.120. The first-order chi connectivity index (χ1) is 7.29. The fourth-order valence-corrected chi connectivity index (χ4v) is 2.55. The maximum Gasteiger partial charge on any atom is 0.0589 e. The van der Waals surface area contributed by atoms with Crippen LogP contribution in [0.5, 0.6) is 0 Å². The van der Waals surface area contributed by atoms with Crippen molar-refractivity contribution in [1.82, 2.24) is 10.2 Å². The van der Waals surface area contributed by atoms with Gasteiger partial charge in [0.05, 0.1) is 6.61 Å². The summed E-state index contributed by atoms with van der Waals surface area (Å²) in [5.74, 6) is 0. The summed E-state index contributed by atoms with van der Waals surface area (Å²) in [5.41, 5.74) is 0. The van der Waals surface area contributed by atoms with Gasteiger partial charge in [0.1, 0.15) is 0 Å². The molecule has 2 unspecified atom stereocenters. The normalized spacial score (nSPS) is 28.0. The van der Waals surface area contributed by atoms with Gasteiger partial charge in [0.2, 0.25) is 0 Å². The van der Waals surface area contributed by atoms with E-state index in [2.05, 4.69) is 24.3 Å². The SMILES string of the molecule is CNC1CCCCCC1N(C)CCOC. The van der Waals surface area contributed by atoms with Crippen LogP contribution in [0.2, 0.25) is 0 Å². The number of rotatable bonds is 5. The van der Waals surface area contributed by atoms with Crippen molar-refractivity contribution in [1.29, 1.82) is 0 Å². The Bertz CT molecular complexity index is 164.